The molecule has 1 aliphatic heterocycles. The smallest absolute Gasteiger partial charge is 0.111 e. The lowest BCUT2D eigenvalue weighted by atomic mass is 10.1. The molecule has 1 rings (SSSR count). The van der Waals surface area contributed by atoms with Gasteiger partial charge in [-0.05, 0) is 12.6 Å². The van der Waals surface area contributed by atoms with Crippen molar-refractivity contribution in [2.75, 3.05) is 18.9 Å². The number of aliphatic hydroxyl groups is 3. The standard InChI is InChI=1S/C16H33O6P/c1-2-3-4-5-6-7-8-9-10-23(20,21)12-14-16(19)15(18)13(11-17)22-14/h13-19H,2-12H2,1H3,(H,20,21)/p-1/t13-,14+,15-,16-/m1/s1. The van der Waals surface area contributed by atoms with Gasteiger partial charge in [-0.1, -0.05) is 51.9 Å². The van der Waals surface area contributed by atoms with Gasteiger partial charge in [0, 0.05) is 13.5 Å². The molecule has 0 amide bonds. The van der Waals surface area contributed by atoms with Gasteiger partial charge in [0.05, 0.1) is 12.7 Å². The Morgan fingerprint density at radius 3 is 2.00 bits per heavy atom. The third-order valence-corrected chi connectivity index (χ3v) is 6.37. The summed E-state index contributed by atoms with van der Waals surface area (Å²) in [5.41, 5.74) is 0. The first-order chi connectivity index (χ1) is 10.9. The minimum Gasteiger partial charge on any atom is -0.799 e. The molecule has 1 fully saturated rings. The first-order valence-electron chi connectivity index (χ1n) is 8.83. The molecule has 0 aromatic carbocycles. The fourth-order valence-electron chi connectivity index (χ4n) is 2.98. The predicted octanol–water partition coefficient (Wildman–Crippen LogP) is 1.25. The zero-order valence-corrected chi connectivity index (χ0v) is 15.0. The molecule has 5 atom stereocenters. The topological polar surface area (TPSA) is 110 Å². The summed E-state index contributed by atoms with van der Waals surface area (Å²) in [6.07, 6.45) is 4.17. The van der Waals surface area contributed by atoms with E-state index in [1.54, 1.807) is 0 Å². The number of unbranched alkanes of at least 4 members (excludes halogenated alkanes) is 7. The first kappa shape index (κ1) is 21.1. The van der Waals surface area contributed by atoms with Gasteiger partial charge in [0.25, 0.3) is 0 Å². The van der Waals surface area contributed by atoms with Crippen molar-refractivity contribution < 1.29 is 29.5 Å². The third-order valence-electron chi connectivity index (χ3n) is 4.45. The largest absolute Gasteiger partial charge is 0.799 e. The maximum atomic E-state index is 12.1. The summed E-state index contributed by atoms with van der Waals surface area (Å²) in [7, 11) is -3.64. The van der Waals surface area contributed by atoms with E-state index in [0.717, 1.165) is 19.3 Å². The number of ether oxygens (including phenoxy) is 1. The number of rotatable bonds is 12. The predicted molar refractivity (Wildman–Crippen MR) is 87.7 cm³/mol. The van der Waals surface area contributed by atoms with E-state index in [2.05, 4.69) is 6.92 Å². The highest BCUT2D eigenvalue weighted by atomic mass is 31.2. The highest BCUT2D eigenvalue weighted by Gasteiger charge is 2.43. The van der Waals surface area contributed by atoms with Crippen molar-refractivity contribution in [1.29, 1.82) is 0 Å². The Hall–Kier alpha value is 0.0300. The van der Waals surface area contributed by atoms with Gasteiger partial charge < -0.3 is 29.5 Å². The van der Waals surface area contributed by atoms with Gasteiger partial charge in [-0.15, -0.1) is 0 Å². The second kappa shape index (κ2) is 10.8. The van der Waals surface area contributed by atoms with Gasteiger partial charge in [0.2, 0.25) is 0 Å². The third kappa shape index (κ3) is 7.63. The molecule has 0 aliphatic carbocycles. The lowest BCUT2D eigenvalue weighted by molar-refractivity contribution is -0.177. The SMILES string of the molecule is CCCCCCCCCCP(=O)([O-])C[C@@H]1O[C@H](CO)[C@@H](O)[C@@H]1O. The summed E-state index contributed by atoms with van der Waals surface area (Å²) in [5.74, 6) is 0. The minimum absolute atomic E-state index is 0.106. The van der Waals surface area contributed by atoms with Crippen molar-refractivity contribution in [3.8, 4) is 0 Å². The van der Waals surface area contributed by atoms with Crippen molar-refractivity contribution in [3.63, 3.8) is 0 Å². The molecule has 1 unspecified atom stereocenters. The minimum atomic E-state index is -3.64. The molecule has 0 aromatic rings. The van der Waals surface area contributed by atoms with Crippen LogP contribution in [0.4, 0.5) is 0 Å². The summed E-state index contributed by atoms with van der Waals surface area (Å²) in [4.78, 5) is 12.1. The van der Waals surface area contributed by atoms with Crippen LogP contribution in [0.25, 0.3) is 0 Å². The van der Waals surface area contributed by atoms with E-state index in [9.17, 15) is 19.7 Å². The Kier molecular flexibility index (Phi) is 9.90. The Morgan fingerprint density at radius 1 is 0.957 bits per heavy atom. The Labute approximate surface area is 139 Å². The van der Waals surface area contributed by atoms with Crippen molar-refractivity contribution in [1.82, 2.24) is 0 Å². The lowest BCUT2D eigenvalue weighted by Gasteiger charge is -2.27. The Balaban J connectivity index is 2.19. The van der Waals surface area contributed by atoms with Crippen molar-refractivity contribution in [2.24, 2.45) is 0 Å². The molecular weight excluding hydrogens is 319 g/mol. The molecule has 138 valence electrons. The van der Waals surface area contributed by atoms with Gasteiger partial charge in [-0.3, -0.25) is 0 Å². The fourth-order valence-corrected chi connectivity index (χ4v) is 4.72. The normalized spacial score (nSPS) is 30.5. The number of aliphatic hydroxyl groups excluding tert-OH is 3. The van der Waals surface area contributed by atoms with Crippen molar-refractivity contribution >= 4 is 7.37 Å². The Morgan fingerprint density at radius 2 is 1.48 bits per heavy atom. The van der Waals surface area contributed by atoms with Crippen LogP contribution in [0.5, 0.6) is 0 Å². The summed E-state index contributed by atoms with van der Waals surface area (Å²) in [6, 6.07) is 0. The van der Waals surface area contributed by atoms with E-state index in [0.29, 0.717) is 6.42 Å². The van der Waals surface area contributed by atoms with Crippen LogP contribution in [0.15, 0.2) is 0 Å². The van der Waals surface area contributed by atoms with Crippen LogP contribution in [0.2, 0.25) is 0 Å². The van der Waals surface area contributed by atoms with Crippen LogP contribution in [0.3, 0.4) is 0 Å². The van der Waals surface area contributed by atoms with Crippen LogP contribution in [-0.4, -0.2) is 58.7 Å². The van der Waals surface area contributed by atoms with Crippen molar-refractivity contribution in [3.05, 3.63) is 0 Å². The maximum Gasteiger partial charge on any atom is 0.111 e. The van der Waals surface area contributed by atoms with E-state index in [-0.39, 0.29) is 12.3 Å². The van der Waals surface area contributed by atoms with Crippen LogP contribution in [0.1, 0.15) is 58.3 Å². The molecule has 0 saturated carbocycles. The van der Waals surface area contributed by atoms with Crippen molar-refractivity contribution in [2.45, 2.75) is 82.7 Å². The van der Waals surface area contributed by atoms with E-state index in [4.69, 9.17) is 9.84 Å². The van der Waals surface area contributed by atoms with E-state index in [1.165, 1.54) is 25.7 Å². The molecule has 7 heteroatoms. The second-order valence-corrected chi connectivity index (χ2v) is 9.01. The molecule has 1 heterocycles. The molecular formula is C16H32O6P-. The zero-order valence-electron chi connectivity index (χ0n) is 14.1. The molecule has 0 spiro atoms. The zero-order chi connectivity index (χ0) is 17.3. The molecule has 0 bridgehead atoms. The maximum absolute atomic E-state index is 12.1. The van der Waals surface area contributed by atoms with E-state index in [1.807, 2.05) is 0 Å². The van der Waals surface area contributed by atoms with E-state index < -0.39 is 38.4 Å². The number of hydrogen-bond donors (Lipinski definition) is 3. The average Bonchev–Trinajstić information content (AvgIpc) is 2.77. The quantitative estimate of drug-likeness (QED) is 0.360. The van der Waals surface area contributed by atoms with Crippen LogP contribution in [0, 0.1) is 0 Å². The summed E-state index contributed by atoms with van der Waals surface area (Å²) >= 11 is 0. The number of hydrogen-bond acceptors (Lipinski definition) is 6. The highest BCUT2D eigenvalue weighted by molar-refractivity contribution is 7.56. The fraction of sp³-hybridized carbons (Fsp3) is 1.00. The lowest BCUT2D eigenvalue weighted by Crippen LogP contribution is -2.35. The Bertz CT molecular complexity index is 364. The highest BCUT2D eigenvalue weighted by Crippen LogP contribution is 2.40. The molecule has 6 nitrogen and oxygen atoms in total. The summed E-state index contributed by atoms with van der Waals surface area (Å²) < 4.78 is 17.3. The summed E-state index contributed by atoms with van der Waals surface area (Å²) in [6.45, 7) is 1.74. The van der Waals surface area contributed by atoms with Crippen LogP contribution >= 0.6 is 7.37 Å². The van der Waals surface area contributed by atoms with Gasteiger partial charge in [-0.2, -0.15) is 0 Å². The van der Waals surface area contributed by atoms with Gasteiger partial charge in [-0.25, -0.2) is 0 Å². The molecule has 1 saturated heterocycles. The van der Waals surface area contributed by atoms with Crippen LogP contribution < -0.4 is 4.89 Å². The molecule has 0 aromatic heterocycles. The van der Waals surface area contributed by atoms with Gasteiger partial charge >= 0.3 is 0 Å². The second-order valence-electron chi connectivity index (χ2n) is 6.57. The summed E-state index contributed by atoms with van der Waals surface area (Å²) in [5, 5.41) is 28.4. The monoisotopic (exact) mass is 351 g/mol. The van der Waals surface area contributed by atoms with Gasteiger partial charge in [0.15, 0.2) is 0 Å². The molecule has 23 heavy (non-hydrogen) atoms. The van der Waals surface area contributed by atoms with E-state index >= 15 is 0 Å². The average molecular weight is 351 g/mol. The van der Waals surface area contributed by atoms with Gasteiger partial charge in [0.1, 0.15) is 18.3 Å². The first-order valence-corrected chi connectivity index (χ1v) is 10.8. The van der Waals surface area contributed by atoms with Crippen LogP contribution in [-0.2, 0) is 9.30 Å². The molecule has 3 N–H and O–H groups in total. The molecule has 1 aliphatic rings. The molecule has 0 radical (unpaired) electrons.